The van der Waals surface area contributed by atoms with Crippen LogP contribution in [0, 0.1) is 0 Å². The van der Waals surface area contributed by atoms with E-state index in [1.807, 2.05) is 0 Å². The minimum absolute atomic E-state index is 0.481. The first kappa shape index (κ1) is 17.2. The monoisotopic (exact) mass is 340 g/mol. The molecule has 0 aliphatic heterocycles. The molecule has 23 heavy (non-hydrogen) atoms. The number of rotatable bonds is 2. The van der Waals surface area contributed by atoms with Crippen LogP contribution in [0.4, 0.5) is 35.1 Å². The highest BCUT2D eigenvalue weighted by Gasteiger charge is 2.39. The second-order valence-electron chi connectivity index (χ2n) is 4.61. The zero-order chi connectivity index (χ0) is 17.4. The van der Waals surface area contributed by atoms with E-state index in [0.717, 1.165) is 24.3 Å². The van der Waals surface area contributed by atoms with Crippen molar-refractivity contribution >= 4 is 0 Å². The third-order valence-corrected chi connectivity index (χ3v) is 3.14. The lowest BCUT2D eigenvalue weighted by Gasteiger charge is -2.20. The third-order valence-electron chi connectivity index (χ3n) is 3.14. The van der Waals surface area contributed by atoms with Crippen molar-refractivity contribution in [2.45, 2.75) is 18.8 Å². The van der Waals surface area contributed by atoms with E-state index in [4.69, 9.17) is 0 Å². The lowest BCUT2D eigenvalue weighted by atomic mass is 9.90. The van der Waals surface area contributed by atoms with Crippen molar-refractivity contribution in [3.8, 4) is 11.1 Å². The van der Waals surface area contributed by atoms with Crippen LogP contribution in [0.25, 0.3) is 11.1 Å². The zero-order valence-corrected chi connectivity index (χ0v) is 11.1. The molecule has 0 spiro atoms. The molecule has 0 atom stereocenters. The highest BCUT2D eigenvalue weighted by molar-refractivity contribution is 5.75. The predicted octanol–water partition coefficient (Wildman–Crippen LogP) is 6.33. The fourth-order valence-corrected chi connectivity index (χ4v) is 2.24. The van der Waals surface area contributed by atoms with E-state index in [2.05, 4.69) is 0 Å². The summed E-state index contributed by atoms with van der Waals surface area (Å²) in [4.78, 5) is 0. The van der Waals surface area contributed by atoms with Gasteiger partial charge in [0.15, 0.2) is 0 Å². The zero-order valence-electron chi connectivity index (χ0n) is 11.1. The number of hydrogen-bond donors (Lipinski definition) is 0. The summed E-state index contributed by atoms with van der Waals surface area (Å²) in [7, 11) is 0. The van der Waals surface area contributed by atoms with E-state index < -0.39 is 46.6 Å². The molecule has 0 bridgehead atoms. The fourth-order valence-electron chi connectivity index (χ4n) is 2.24. The molecular weight excluding hydrogens is 332 g/mol. The summed E-state index contributed by atoms with van der Waals surface area (Å²) in [5.74, 6) is 0. The maximum absolute atomic E-state index is 13.1. The molecule has 0 nitrogen and oxygen atoms in total. The summed E-state index contributed by atoms with van der Waals surface area (Å²) in [5.41, 5.74) is -6.12. The molecule has 124 valence electrons. The summed E-state index contributed by atoms with van der Waals surface area (Å²) in [6.07, 6.45) is -13.4. The molecular formula is C15H8F8. The molecule has 0 saturated carbocycles. The van der Waals surface area contributed by atoms with Gasteiger partial charge in [-0.25, -0.2) is 8.78 Å². The molecule has 0 aromatic heterocycles. The van der Waals surface area contributed by atoms with Crippen LogP contribution in [0.3, 0.4) is 0 Å². The minimum atomic E-state index is -5.07. The molecule has 0 aliphatic carbocycles. The predicted molar refractivity (Wildman–Crippen MR) is 66.8 cm³/mol. The van der Waals surface area contributed by atoms with Crippen molar-refractivity contribution < 1.29 is 35.1 Å². The van der Waals surface area contributed by atoms with Crippen molar-refractivity contribution in [2.75, 3.05) is 0 Å². The Morgan fingerprint density at radius 2 is 1.17 bits per heavy atom. The van der Waals surface area contributed by atoms with Crippen molar-refractivity contribution in [1.29, 1.82) is 0 Å². The second-order valence-corrected chi connectivity index (χ2v) is 4.61. The van der Waals surface area contributed by atoms with Crippen molar-refractivity contribution in [3.63, 3.8) is 0 Å². The maximum atomic E-state index is 13.1. The Morgan fingerprint density at radius 1 is 0.652 bits per heavy atom. The van der Waals surface area contributed by atoms with Gasteiger partial charge < -0.3 is 0 Å². The maximum Gasteiger partial charge on any atom is 0.417 e. The summed E-state index contributed by atoms with van der Waals surface area (Å²) in [6.45, 7) is 0. The molecule has 0 aliphatic rings. The molecule has 2 aromatic rings. The smallest absolute Gasteiger partial charge is 0.205 e. The molecule has 0 heterocycles. The number of alkyl halides is 8. The van der Waals surface area contributed by atoms with Crippen LogP contribution in [-0.2, 0) is 12.4 Å². The summed E-state index contributed by atoms with van der Waals surface area (Å²) >= 11 is 0. The molecule has 2 rings (SSSR count). The molecule has 0 N–H and O–H groups in total. The van der Waals surface area contributed by atoms with Crippen LogP contribution in [-0.4, -0.2) is 0 Å². The Bertz CT molecular complexity index is 697. The third kappa shape index (κ3) is 3.46. The molecule has 2 aromatic carbocycles. The quantitative estimate of drug-likeness (QED) is 0.561. The van der Waals surface area contributed by atoms with E-state index in [0.29, 0.717) is 18.2 Å². The SMILES string of the molecule is FC(F)c1cccc(C(F)(F)F)c1-c1ccccc1C(F)(F)F. The number of benzene rings is 2. The minimum Gasteiger partial charge on any atom is -0.205 e. The van der Waals surface area contributed by atoms with E-state index in [1.165, 1.54) is 0 Å². The van der Waals surface area contributed by atoms with E-state index >= 15 is 0 Å². The Hall–Kier alpha value is -2.12. The van der Waals surface area contributed by atoms with Crippen LogP contribution in [0.1, 0.15) is 23.1 Å². The van der Waals surface area contributed by atoms with Crippen LogP contribution in [0.2, 0.25) is 0 Å². The summed E-state index contributed by atoms with van der Waals surface area (Å²) < 4.78 is 104. The lowest BCUT2D eigenvalue weighted by molar-refractivity contribution is -0.139. The molecule has 0 unspecified atom stereocenters. The summed E-state index contributed by atoms with van der Waals surface area (Å²) in [5, 5.41) is 0. The Balaban J connectivity index is 2.88. The normalized spacial score (nSPS) is 12.7. The van der Waals surface area contributed by atoms with Crippen LogP contribution >= 0.6 is 0 Å². The average Bonchev–Trinajstić information content (AvgIpc) is 2.44. The fraction of sp³-hybridized carbons (Fsp3) is 0.200. The van der Waals surface area contributed by atoms with Gasteiger partial charge in [0.05, 0.1) is 11.1 Å². The second kappa shape index (κ2) is 5.82. The Labute approximate surface area is 125 Å². The largest absolute Gasteiger partial charge is 0.417 e. The van der Waals surface area contributed by atoms with Gasteiger partial charge in [-0.2, -0.15) is 26.3 Å². The van der Waals surface area contributed by atoms with Gasteiger partial charge in [0.25, 0.3) is 6.43 Å². The van der Waals surface area contributed by atoms with Gasteiger partial charge in [0.2, 0.25) is 0 Å². The molecule has 0 radical (unpaired) electrons. The van der Waals surface area contributed by atoms with E-state index in [9.17, 15) is 35.1 Å². The molecule has 0 saturated heterocycles. The van der Waals surface area contributed by atoms with Gasteiger partial charge in [0.1, 0.15) is 0 Å². The standard InChI is InChI=1S/C15H8F8/c16-13(17)9-5-3-7-11(15(21,22)23)12(9)8-4-1-2-6-10(8)14(18,19)20/h1-7,13H. The lowest BCUT2D eigenvalue weighted by Crippen LogP contribution is -2.13. The van der Waals surface area contributed by atoms with Gasteiger partial charge >= 0.3 is 12.4 Å². The first-order chi connectivity index (χ1) is 10.5. The highest BCUT2D eigenvalue weighted by Crippen LogP contribution is 2.45. The average molecular weight is 340 g/mol. The Morgan fingerprint density at radius 3 is 1.70 bits per heavy atom. The number of halogens is 8. The van der Waals surface area contributed by atoms with Crippen molar-refractivity contribution in [3.05, 3.63) is 59.2 Å². The van der Waals surface area contributed by atoms with Gasteiger partial charge in [-0.05, 0) is 17.7 Å². The van der Waals surface area contributed by atoms with Crippen LogP contribution in [0.15, 0.2) is 42.5 Å². The van der Waals surface area contributed by atoms with E-state index in [1.54, 1.807) is 0 Å². The van der Waals surface area contributed by atoms with Gasteiger partial charge in [-0.15, -0.1) is 0 Å². The van der Waals surface area contributed by atoms with Gasteiger partial charge in [-0.1, -0.05) is 30.3 Å². The van der Waals surface area contributed by atoms with Crippen LogP contribution < -0.4 is 0 Å². The van der Waals surface area contributed by atoms with Gasteiger partial charge in [-0.3, -0.25) is 0 Å². The van der Waals surface area contributed by atoms with Crippen LogP contribution in [0.5, 0.6) is 0 Å². The van der Waals surface area contributed by atoms with Crippen molar-refractivity contribution in [1.82, 2.24) is 0 Å². The van der Waals surface area contributed by atoms with Crippen molar-refractivity contribution in [2.24, 2.45) is 0 Å². The first-order valence-corrected chi connectivity index (χ1v) is 6.18. The summed E-state index contributed by atoms with van der Waals surface area (Å²) in [6, 6.07) is 5.25. The van der Waals surface area contributed by atoms with Gasteiger partial charge in [0, 0.05) is 11.1 Å². The Kier molecular flexibility index (Phi) is 4.37. The molecule has 8 heteroatoms. The topological polar surface area (TPSA) is 0 Å². The first-order valence-electron chi connectivity index (χ1n) is 6.18. The van der Waals surface area contributed by atoms with E-state index in [-0.39, 0.29) is 0 Å². The molecule has 0 fully saturated rings. The molecule has 0 amide bonds. The number of hydrogen-bond acceptors (Lipinski definition) is 0. The highest BCUT2D eigenvalue weighted by atomic mass is 19.4.